The van der Waals surface area contributed by atoms with Gasteiger partial charge >= 0.3 is 5.97 Å². The molecule has 0 fully saturated rings. The molecular weight excluding hydrogens is 311 g/mol. The van der Waals surface area contributed by atoms with Crippen LogP contribution in [-0.4, -0.2) is 27.3 Å². The molecule has 1 N–H and O–H groups in total. The molecule has 0 saturated carbocycles. The number of hydrogen-bond acceptors (Lipinski definition) is 5. The fourth-order valence-corrected chi connectivity index (χ4v) is 2.97. The number of carbonyl (C=O) groups excluding carboxylic acids is 1. The van der Waals surface area contributed by atoms with Crippen LogP contribution in [0.15, 0.2) is 42.4 Å². The van der Waals surface area contributed by atoms with Crippen molar-refractivity contribution in [2.24, 2.45) is 5.92 Å². The Balaban J connectivity index is 2.18. The smallest absolute Gasteiger partial charge is 0.317 e. The standard InChI is InChI=1S/C17H19FN4O2/c1-3-7-13-14(16(23)24-4-2)15(11-8-5-6-9-12(11)18)22-17(21-13)19-10-20-22/h5-10,14-15H,3-4H2,1-2H3,(H,19,20,21)/b13-7+/t14-,15+/m0/s1. The first-order valence-corrected chi connectivity index (χ1v) is 7.95. The van der Waals surface area contributed by atoms with Gasteiger partial charge < -0.3 is 10.1 Å². The van der Waals surface area contributed by atoms with Crippen molar-refractivity contribution < 1.29 is 13.9 Å². The third kappa shape index (κ3) is 2.77. The summed E-state index contributed by atoms with van der Waals surface area (Å²) in [4.78, 5) is 16.8. The largest absolute Gasteiger partial charge is 0.465 e. The molecule has 6 nitrogen and oxygen atoms in total. The zero-order valence-corrected chi connectivity index (χ0v) is 13.6. The molecule has 1 aliphatic heterocycles. The Morgan fingerprint density at radius 2 is 2.21 bits per heavy atom. The quantitative estimate of drug-likeness (QED) is 0.873. The number of ether oxygens (including phenoxy) is 1. The van der Waals surface area contributed by atoms with E-state index in [0.717, 1.165) is 6.42 Å². The van der Waals surface area contributed by atoms with E-state index in [2.05, 4.69) is 15.4 Å². The van der Waals surface area contributed by atoms with E-state index in [0.29, 0.717) is 17.2 Å². The normalized spacial score (nSPS) is 21.2. The van der Waals surface area contributed by atoms with Crippen LogP contribution >= 0.6 is 0 Å². The van der Waals surface area contributed by atoms with Crippen LogP contribution in [-0.2, 0) is 9.53 Å². The van der Waals surface area contributed by atoms with Crippen LogP contribution in [0.25, 0.3) is 0 Å². The van der Waals surface area contributed by atoms with Crippen molar-refractivity contribution in [3.8, 4) is 0 Å². The summed E-state index contributed by atoms with van der Waals surface area (Å²) in [6.07, 6.45) is 4.00. The fourth-order valence-electron chi connectivity index (χ4n) is 2.97. The van der Waals surface area contributed by atoms with Crippen LogP contribution in [0.3, 0.4) is 0 Å². The first kappa shape index (κ1) is 16.2. The second-order valence-electron chi connectivity index (χ2n) is 5.42. The average Bonchev–Trinajstić information content (AvgIpc) is 3.03. The van der Waals surface area contributed by atoms with Crippen LogP contribution in [0, 0.1) is 11.7 Å². The maximum atomic E-state index is 14.5. The van der Waals surface area contributed by atoms with Gasteiger partial charge in [0.15, 0.2) is 0 Å². The lowest BCUT2D eigenvalue weighted by molar-refractivity contribution is -0.147. The number of hydrogen-bond donors (Lipinski definition) is 1. The van der Waals surface area contributed by atoms with Crippen LogP contribution in [0.5, 0.6) is 0 Å². The third-order valence-corrected chi connectivity index (χ3v) is 3.93. The maximum Gasteiger partial charge on any atom is 0.317 e. The summed E-state index contributed by atoms with van der Waals surface area (Å²) in [5.41, 5.74) is 1.04. The van der Waals surface area contributed by atoms with Crippen LogP contribution in [0.1, 0.15) is 31.9 Å². The van der Waals surface area contributed by atoms with Gasteiger partial charge in [-0.25, -0.2) is 9.07 Å². The molecule has 1 aromatic heterocycles. The molecule has 24 heavy (non-hydrogen) atoms. The first-order valence-electron chi connectivity index (χ1n) is 7.95. The summed E-state index contributed by atoms with van der Waals surface area (Å²) in [6, 6.07) is 5.74. The number of nitrogens with zero attached hydrogens (tertiary/aromatic N) is 3. The van der Waals surface area contributed by atoms with Crippen molar-refractivity contribution >= 4 is 11.9 Å². The van der Waals surface area contributed by atoms with Gasteiger partial charge in [-0.15, -0.1) is 0 Å². The molecule has 2 heterocycles. The molecule has 2 aromatic rings. The zero-order valence-electron chi connectivity index (χ0n) is 13.6. The highest BCUT2D eigenvalue weighted by Gasteiger charge is 2.42. The van der Waals surface area contributed by atoms with Gasteiger partial charge in [0.1, 0.15) is 24.1 Å². The second-order valence-corrected chi connectivity index (χ2v) is 5.42. The van der Waals surface area contributed by atoms with Gasteiger partial charge in [-0.05, 0) is 19.4 Å². The van der Waals surface area contributed by atoms with Crippen molar-refractivity contribution in [2.75, 3.05) is 11.9 Å². The summed E-state index contributed by atoms with van der Waals surface area (Å²) < 4.78 is 21.2. The molecule has 1 aromatic carbocycles. The van der Waals surface area contributed by atoms with Crippen LogP contribution in [0.4, 0.5) is 10.3 Å². The SMILES string of the molecule is CC/C=C1/Nc2ncnn2[C@H](c2ccccc2F)[C@H]1C(=O)OCC. The van der Waals surface area contributed by atoms with E-state index in [9.17, 15) is 9.18 Å². The van der Waals surface area contributed by atoms with Crippen LogP contribution in [0.2, 0.25) is 0 Å². The Hall–Kier alpha value is -2.70. The molecule has 0 spiro atoms. The van der Waals surface area contributed by atoms with Gasteiger partial charge in [0.05, 0.1) is 6.61 Å². The molecular formula is C17H19FN4O2. The molecule has 126 valence electrons. The number of anilines is 1. The number of aromatic nitrogens is 3. The first-order chi connectivity index (χ1) is 11.7. The molecule has 1 aliphatic rings. The van der Waals surface area contributed by atoms with E-state index in [1.54, 1.807) is 25.1 Å². The molecule has 7 heteroatoms. The van der Waals surface area contributed by atoms with Gasteiger partial charge in [-0.1, -0.05) is 31.2 Å². The van der Waals surface area contributed by atoms with Gasteiger partial charge in [-0.2, -0.15) is 10.1 Å². The van der Waals surface area contributed by atoms with E-state index in [-0.39, 0.29) is 6.61 Å². The summed E-state index contributed by atoms with van der Waals surface area (Å²) in [5.74, 6) is -1.05. The molecule has 3 rings (SSSR count). The van der Waals surface area contributed by atoms with Gasteiger partial charge in [0, 0.05) is 11.3 Å². The van der Waals surface area contributed by atoms with Crippen molar-refractivity contribution in [2.45, 2.75) is 26.3 Å². The summed E-state index contributed by atoms with van der Waals surface area (Å²) in [7, 11) is 0. The molecule has 0 aliphatic carbocycles. The monoisotopic (exact) mass is 330 g/mol. The predicted molar refractivity (Wildman–Crippen MR) is 86.7 cm³/mol. The fraction of sp³-hybridized carbons (Fsp3) is 0.353. The van der Waals surface area contributed by atoms with E-state index < -0.39 is 23.7 Å². The van der Waals surface area contributed by atoms with Gasteiger partial charge in [-0.3, -0.25) is 4.79 Å². The van der Waals surface area contributed by atoms with E-state index >= 15 is 0 Å². The number of nitrogens with one attached hydrogen (secondary N) is 1. The predicted octanol–water partition coefficient (Wildman–Crippen LogP) is 2.91. The number of halogens is 1. The number of allylic oxidation sites excluding steroid dienone is 1. The lowest BCUT2D eigenvalue weighted by Gasteiger charge is -2.33. The third-order valence-electron chi connectivity index (χ3n) is 3.93. The Morgan fingerprint density at radius 1 is 1.42 bits per heavy atom. The number of rotatable bonds is 4. The van der Waals surface area contributed by atoms with Crippen molar-refractivity contribution in [3.63, 3.8) is 0 Å². The molecule has 0 radical (unpaired) electrons. The lowest BCUT2D eigenvalue weighted by atomic mass is 9.88. The maximum absolute atomic E-state index is 14.5. The molecule has 0 unspecified atom stereocenters. The minimum Gasteiger partial charge on any atom is -0.465 e. The van der Waals surface area contributed by atoms with Crippen LogP contribution < -0.4 is 5.32 Å². The minimum absolute atomic E-state index is 0.253. The number of carbonyl (C=O) groups is 1. The average molecular weight is 330 g/mol. The van der Waals surface area contributed by atoms with Crippen molar-refractivity contribution in [1.82, 2.24) is 14.8 Å². The second kappa shape index (κ2) is 6.82. The van der Waals surface area contributed by atoms with E-state index in [1.165, 1.54) is 17.1 Å². The highest BCUT2D eigenvalue weighted by Crippen LogP contribution is 2.39. The summed E-state index contributed by atoms with van der Waals surface area (Å²) in [6.45, 7) is 3.97. The summed E-state index contributed by atoms with van der Waals surface area (Å²) >= 11 is 0. The molecule has 0 bridgehead atoms. The number of benzene rings is 1. The van der Waals surface area contributed by atoms with E-state index in [4.69, 9.17) is 4.74 Å². The topological polar surface area (TPSA) is 69.0 Å². The Morgan fingerprint density at radius 3 is 2.92 bits per heavy atom. The molecule has 2 atom stereocenters. The Labute approximate surface area is 139 Å². The highest BCUT2D eigenvalue weighted by molar-refractivity contribution is 5.79. The van der Waals surface area contributed by atoms with Crippen molar-refractivity contribution in [3.05, 3.63) is 53.7 Å². The number of fused-ring (bicyclic) bond motifs is 1. The molecule has 0 amide bonds. The number of esters is 1. The van der Waals surface area contributed by atoms with Gasteiger partial charge in [0.25, 0.3) is 0 Å². The highest BCUT2D eigenvalue weighted by atomic mass is 19.1. The van der Waals surface area contributed by atoms with Crippen molar-refractivity contribution in [1.29, 1.82) is 0 Å². The summed E-state index contributed by atoms with van der Waals surface area (Å²) in [5, 5.41) is 7.30. The Kier molecular flexibility index (Phi) is 4.59. The molecule has 0 saturated heterocycles. The Bertz CT molecular complexity index is 771. The minimum atomic E-state index is -0.712. The van der Waals surface area contributed by atoms with Gasteiger partial charge in [0.2, 0.25) is 5.95 Å². The lowest BCUT2D eigenvalue weighted by Crippen LogP contribution is -2.38. The van der Waals surface area contributed by atoms with E-state index in [1.807, 2.05) is 13.0 Å². The zero-order chi connectivity index (χ0) is 17.1.